The quantitative estimate of drug-likeness (QED) is 0.830. The van der Waals surface area contributed by atoms with Crippen LogP contribution in [0.4, 0.5) is 0 Å². The van der Waals surface area contributed by atoms with E-state index in [0.717, 1.165) is 28.6 Å². The molecule has 0 bridgehead atoms. The summed E-state index contributed by atoms with van der Waals surface area (Å²) in [5, 5.41) is 3.65. The minimum absolute atomic E-state index is 0.640. The van der Waals surface area contributed by atoms with E-state index in [0.29, 0.717) is 12.1 Å². The van der Waals surface area contributed by atoms with Gasteiger partial charge in [0.25, 0.3) is 0 Å². The van der Waals surface area contributed by atoms with E-state index < -0.39 is 0 Å². The van der Waals surface area contributed by atoms with E-state index in [1.54, 1.807) is 0 Å². The fraction of sp³-hybridized carbons (Fsp3) is 0.600. The summed E-state index contributed by atoms with van der Waals surface area (Å²) in [7, 11) is 0. The van der Waals surface area contributed by atoms with Crippen LogP contribution in [-0.2, 0) is 6.54 Å². The summed E-state index contributed by atoms with van der Waals surface area (Å²) in [6, 6.07) is 7.86. The first-order valence-corrected chi connectivity index (χ1v) is 8.64. The van der Waals surface area contributed by atoms with Crippen LogP contribution in [0.25, 0.3) is 0 Å². The Morgan fingerprint density at radius 2 is 2.00 bits per heavy atom. The van der Waals surface area contributed by atoms with Gasteiger partial charge in [0.1, 0.15) is 0 Å². The normalized spacial score (nSPS) is 24.6. The summed E-state index contributed by atoms with van der Waals surface area (Å²) < 4.78 is 2.26. The number of nitrogens with zero attached hydrogens (tertiary/aromatic N) is 1. The van der Waals surface area contributed by atoms with Gasteiger partial charge in [-0.2, -0.15) is 0 Å². The van der Waals surface area contributed by atoms with Gasteiger partial charge in [0.05, 0.1) is 0 Å². The number of halogens is 2. The predicted molar refractivity (Wildman–Crippen MR) is 88.4 cm³/mol. The van der Waals surface area contributed by atoms with Crippen LogP contribution in [0.3, 0.4) is 0 Å². The molecule has 2 rings (SSSR count). The lowest BCUT2D eigenvalue weighted by atomic mass is 10.0. The molecule has 19 heavy (non-hydrogen) atoms. The standard InChI is InChI=1S/C15H22Br2N2/c1-3-12-10-19(13(4-2)8-18-12)9-11-5-6-14(16)15(17)7-11/h5-7,12-13,18H,3-4,8-10H2,1-2H3. The van der Waals surface area contributed by atoms with Gasteiger partial charge in [-0.25, -0.2) is 0 Å². The molecule has 1 saturated heterocycles. The first-order chi connectivity index (χ1) is 9.13. The number of hydrogen-bond donors (Lipinski definition) is 1. The Morgan fingerprint density at radius 3 is 2.63 bits per heavy atom. The van der Waals surface area contributed by atoms with Crippen LogP contribution in [0.5, 0.6) is 0 Å². The maximum Gasteiger partial charge on any atom is 0.0320 e. The molecule has 0 amide bonds. The average molecular weight is 390 g/mol. The molecule has 0 aliphatic carbocycles. The molecule has 106 valence electrons. The van der Waals surface area contributed by atoms with Gasteiger partial charge in [-0.1, -0.05) is 19.9 Å². The van der Waals surface area contributed by atoms with E-state index in [4.69, 9.17) is 0 Å². The van der Waals surface area contributed by atoms with Crippen molar-refractivity contribution in [3.05, 3.63) is 32.7 Å². The van der Waals surface area contributed by atoms with Crippen molar-refractivity contribution in [2.75, 3.05) is 13.1 Å². The highest BCUT2D eigenvalue weighted by Gasteiger charge is 2.25. The molecule has 1 aromatic carbocycles. The van der Waals surface area contributed by atoms with Crippen LogP contribution >= 0.6 is 31.9 Å². The smallest absolute Gasteiger partial charge is 0.0320 e. The van der Waals surface area contributed by atoms with Gasteiger partial charge < -0.3 is 5.32 Å². The lowest BCUT2D eigenvalue weighted by molar-refractivity contribution is 0.117. The van der Waals surface area contributed by atoms with Crippen molar-refractivity contribution in [3.63, 3.8) is 0 Å². The maximum absolute atomic E-state index is 3.65. The van der Waals surface area contributed by atoms with Crippen LogP contribution in [0.1, 0.15) is 32.3 Å². The van der Waals surface area contributed by atoms with Crippen molar-refractivity contribution in [2.45, 2.75) is 45.3 Å². The molecular formula is C15H22Br2N2. The summed E-state index contributed by atoms with van der Waals surface area (Å²) in [5.41, 5.74) is 1.38. The van der Waals surface area contributed by atoms with Crippen LogP contribution < -0.4 is 5.32 Å². The molecule has 4 heteroatoms. The lowest BCUT2D eigenvalue weighted by Gasteiger charge is -2.40. The first-order valence-electron chi connectivity index (χ1n) is 7.05. The number of benzene rings is 1. The second kappa shape index (κ2) is 7.21. The van der Waals surface area contributed by atoms with E-state index in [-0.39, 0.29) is 0 Å². The fourth-order valence-electron chi connectivity index (χ4n) is 2.67. The molecular weight excluding hydrogens is 368 g/mol. The van der Waals surface area contributed by atoms with Crippen molar-refractivity contribution in [1.29, 1.82) is 0 Å². The van der Waals surface area contributed by atoms with Crippen molar-refractivity contribution in [3.8, 4) is 0 Å². The first kappa shape index (κ1) is 15.5. The molecule has 1 N–H and O–H groups in total. The van der Waals surface area contributed by atoms with Gasteiger partial charge in [0.2, 0.25) is 0 Å². The molecule has 0 radical (unpaired) electrons. The van der Waals surface area contributed by atoms with Crippen molar-refractivity contribution in [2.24, 2.45) is 0 Å². The maximum atomic E-state index is 3.65. The highest BCUT2D eigenvalue weighted by atomic mass is 79.9. The van der Waals surface area contributed by atoms with Gasteiger partial charge in [-0.05, 0) is 62.4 Å². The summed E-state index contributed by atoms with van der Waals surface area (Å²) in [4.78, 5) is 2.63. The monoisotopic (exact) mass is 388 g/mol. The van der Waals surface area contributed by atoms with Gasteiger partial charge in [-0.15, -0.1) is 0 Å². The van der Waals surface area contributed by atoms with Gasteiger partial charge in [0, 0.05) is 40.7 Å². The second-order valence-electron chi connectivity index (χ2n) is 5.25. The van der Waals surface area contributed by atoms with Gasteiger partial charge in [0.15, 0.2) is 0 Å². The Morgan fingerprint density at radius 1 is 1.21 bits per heavy atom. The number of piperazine rings is 1. The molecule has 1 heterocycles. The van der Waals surface area contributed by atoms with Crippen LogP contribution in [0.2, 0.25) is 0 Å². The Balaban J connectivity index is 2.07. The van der Waals surface area contributed by atoms with Gasteiger partial charge in [-0.3, -0.25) is 4.90 Å². The zero-order chi connectivity index (χ0) is 13.8. The topological polar surface area (TPSA) is 15.3 Å². The molecule has 1 fully saturated rings. The zero-order valence-corrected chi connectivity index (χ0v) is 14.8. The van der Waals surface area contributed by atoms with Crippen molar-refractivity contribution >= 4 is 31.9 Å². The van der Waals surface area contributed by atoms with Crippen LogP contribution in [-0.4, -0.2) is 30.1 Å². The summed E-state index contributed by atoms with van der Waals surface area (Å²) in [6.45, 7) is 7.86. The Kier molecular flexibility index (Phi) is 5.87. The highest BCUT2D eigenvalue weighted by Crippen LogP contribution is 2.25. The van der Waals surface area contributed by atoms with Crippen molar-refractivity contribution in [1.82, 2.24) is 10.2 Å². The number of hydrogen-bond acceptors (Lipinski definition) is 2. The molecule has 1 aliphatic rings. The Bertz CT molecular complexity index is 423. The molecule has 2 unspecified atom stereocenters. The average Bonchev–Trinajstić information content (AvgIpc) is 2.43. The molecule has 2 nitrogen and oxygen atoms in total. The Hall–Kier alpha value is 0.1000. The number of nitrogens with one attached hydrogen (secondary N) is 1. The van der Waals surface area contributed by atoms with E-state index in [1.807, 2.05) is 0 Å². The molecule has 1 aliphatic heterocycles. The Labute approximate surface area is 133 Å². The summed E-state index contributed by atoms with van der Waals surface area (Å²) in [5.74, 6) is 0. The molecule has 2 atom stereocenters. The minimum atomic E-state index is 0.640. The molecule has 0 saturated carbocycles. The summed E-state index contributed by atoms with van der Waals surface area (Å²) in [6.07, 6.45) is 2.41. The van der Waals surface area contributed by atoms with E-state index in [1.165, 1.54) is 18.4 Å². The predicted octanol–water partition coefficient (Wildman–Crippen LogP) is 4.17. The second-order valence-corrected chi connectivity index (χ2v) is 6.96. The van der Waals surface area contributed by atoms with Crippen molar-refractivity contribution < 1.29 is 0 Å². The molecule has 0 aromatic heterocycles. The van der Waals surface area contributed by atoms with E-state index in [2.05, 4.69) is 74.1 Å². The molecule has 1 aromatic rings. The van der Waals surface area contributed by atoms with Crippen LogP contribution in [0, 0.1) is 0 Å². The summed E-state index contributed by atoms with van der Waals surface area (Å²) >= 11 is 7.12. The SMILES string of the molecule is CCC1CN(Cc2ccc(Br)c(Br)c2)C(CC)CN1. The van der Waals surface area contributed by atoms with Crippen LogP contribution in [0.15, 0.2) is 27.1 Å². The third kappa shape index (κ3) is 4.03. The number of rotatable bonds is 4. The largest absolute Gasteiger partial charge is 0.311 e. The highest BCUT2D eigenvalue weighted by molar-refractivity contribution is 9.13. The minimum Gasteiger partial charge on any atom is -0.311 e. The third-order valence-corrected chi connectivity index (χ3v) is 5.83. The molecule has 0 spiro atoms. The lowest BCUT2D eigenvalue weighted by Crippen LogP contribution is -2.55. The van der Waals surface area contributed by atoms with E-state index in [9.17, 15) is 0 Å². The zero-order valence-electron chi connectivity index (χ0n) is 11.6. The van der Waals surface area contributed by atoms with Gasteiger partial charge >= 0.3 is 0 Å². The van der Waals surface area contributed by atoms with E-state index >= 15 is 0 Å². The third-order valence-electron chi connectivity index (χ3n) is 3.95. The fourth-order valence-corrected chi connectivity index (χ4v) is 3.34.